The van der Waals surface area contributed by atoms with E-state index >= 15 is 0 Å². The van der Waals surface area contributed by atoms with Gasteiger partial charge >= 0.3 is 0 Å². The molecule has 0 saturated heterocycles. The summed E-state index contributed by atoms with van der Waals surface area (Å²) in [6.07, 6.45) is 2.34. The van der Waals surface area contributed by atoms with Gasteiger partial charge in [0.2, 0.25) is 0 Å². The average Bonchev–Trinajstić information content (AvgIpc) is 2.33. The van der Waals surface area contributed by atoms with Crippen LogP contribution in [0.4, 0.5) is 5.69 Å². The van der Waals surface area contributed by atoms with E-state index in [1.165, 1.54) is 0 Å². The molecule has 1 aromatic heterocycles. The highest BCUT2D eigenvalue weighted by molar-refractivity contribution is 6.35. The van der Waals surface area contributed by atoms with E-state index in [1.807, 2.05) is 6.07 Å². The lowest BCUT2D eigenvalue weighted by Gasteiger charge is -2.05. The van der Waals surface area contributed by atoms with Gasteiger partial charge in [-0.05, 0) is 18.2 Å². The van der Waals surface area contributed by atoms with E-state index in [0.717, 1.165) is 11.8 Å². The third-order valence-corrected chi connectivity index (χ3v) is 2.65. The van der Waals surface area contributed by atoms with Gasteiger partial charge in [0, 0.05) is 17.3 Å². The minimum absolute atomic E-state index is 0.457. The number of hydrogen-bond donors (Lipinski definition) is 1. The molecule has 0 aliphatic rings. The smallest absolute Gasteiger partial charge is 0.150 e. The number of pyridine rings is 1. The van der Waals surface area contributed by atoms with E-state index in [-0.39, 0.29) is 0 Å². The van der Waals surface area contributed by atoms with Crippen LogP contribution in [0.25, 0.3) is 11.3 Å². The summed E-state index contributed by atoms with van der Waals surface area (Å²) in [5.74, 6) is 0. The lowest BCUT2D eigenvalue weighted by atomic mass is 10.1. The van der Waals surface area contributed by atoms with E-state index in [1.54, 1.807) is 30.5 Å². The maximum atomic E-state index is 10.7. The monoisotopic (exact) mass is 232 g/mol. The van der Waals surface area contributed by atoms with Crippen molar-refractivity contribution in [2.24, 2.45) is 0 Å². The van der Waals surface area contributed by atoms with Crippen LogP contribution in [0.15, 0.2) is 36.5 Å². The quantitative estimate of drug-likeness (QED) is 0.640. The molecule has 0 amide bonds. The zero-order valence-electron chi connectivity index (χ0n) is 8.35. The number of aldehydes is 1. The van der Waals surface area contributed by atoms with Crippen molar-refractivity contribution >= 4 is 23.6 Å². The average molecular weight is 233 g/mol. The van der Waals surface area contributed by atoms with Gasteiger partial charge in [-0.15, -0.1) is 0 Å². The van der Waals surface area contributed by atoms with Crippen molar-refractivity contribution < 1.29 is 4.79 Å². The standard InChI is InChI=1S/C12H9ClN2O/c13-12-9(2-1-3-10(12)14)11-6-8(7-16)4-5-15-11/h1-7H,14H2. The van der Waals surface area contributed by atoms with Crippen molar-refractivity contribution in [1.82, 2.24) is 4.98 Å². The van der Waals surface area contributed by atoms with Crippen molar-refractivity contribution in [1.29, 1.82) is 0 Å². The number of hydrogen-bond acceptors (Lipinski definition) is 3. The van der Waals surface area contributed by atoms with Crippen LogP contribution < -0.4 is 5.73 Å². The van der Waals surface area contributed by atoms with Gasteiger partial charge in [-0.25, -0.2) is 0 Å². The van der Waals surface area contributed by atoms with Crippen molar-refractivity contribution in [2.75, 3.05) is 5.73 Å². The summed E-state index contributed by atoms with van der Waals surface area (Å²) < 4.78 is 0. The van der Waals surface area contributed by atoms with Crippen LogP contribution in [0.3, 0.4) is 0 Å². The molecule has 0 aliphatic carbocycles. The van der Waals surface area contributed by atoms with Gasteiger partial charge < -0.3 is 5.73 Å². The number of anilines is 1. The Balaban J connectivity index is 2.58. The van der Waals surface area contributed by atoms with Crippen LogP contribution in [0.1, 0.15) is 10.4 Å². The number of benzene rings is 1. The summed E-state index contributed by atoms with van der Waals surface area (Å²) in [6, 6.07) is 8.64. The number of nitrogens with two attached hydrogens (primary N) is 1. The second kappa shape index (κ2) is 4.33. The van der Waals surface area contributed by atoms with Crippen LogP contribution in [0.2, 0.25) is 5.02 Å². The molecule has 0 fully saturated rings. The summed E-state index contributed by atoms with van der Waals surface area (Å²) in [7, 11) is 0. The Bertz CT molecular complexity index is 540. The molecule has 0 spiro atoms. The minimum Gasteiger partial charge on any atom is -0.398 e. The Kier molecular flexibility index (Phi) is 2.88. The Morgan fingerprint density at radius 1 is 1.31 bits per heavy atom. The molecule has 0 unspecified atom stereocenters. The number of nitrogens with zero attached hydrogens (tertiary/aromatic N) is 1. The van der Waals surface area contributed by atoms with Crippen molar-refractivity contribution in [2.45, 2.75) is 0 Å². The van der Waals surface area contributed by atoms with Crippen LogP contribution in [0, 0.1) is 0 Å². The molecule has 3 nitrogen and oxygen atoms in total. The summed E-state index contributed by atoms with van der Waals surface area (Å²) >= 11 is 6.07. The highest BCUT2D eigenvalue weighted by atomic mass is 35.5. The van der Waals surface area contributed by atoms with Crippen LogP contribution in [-0.2, 0) is 0 Å². The first-order chi connectivity index (χ1) is 7.72. The molecule has 0 radical (unpaired) electrons. The summed E-state index contributed by atoms with van der Waals surface area (Å²) in [6.45, 7) is 0. The summed E-state index contributed by atoms with van der Waals surface area (Å²) in [5, 5.41) is 0.457. The first-order valence-corrected chi connectivity index (χ1v) is 5.06. The third-order valence-electron chi connectivity index (χ3n) is 2.22. The normalized spacial score (nSPS) is 10.1. The van der Waals surface area contributed by atoms with Crippen molar-refractivity contribution in [3.05, 3.63) is 47.1 Å². The van der Waals surface area contributed by atoms with Gasteiger partial charge in [0.25, 0.3) is 0 Å². The molecule has 0 saturated carbocycles. The van der Waals surface area contributed by atoms with Gasteiger partial charge in [-0.1, -0.05) is 23.7 Å². The molecular weight excluding hydrogens is 224 g/mol. The summed E-state index contributed by atoms with van der Waals surface area (Å²) in [4.78, 5) is 14.8. The Hall–Kier alpha value is -1.87. The van der Waals surface area contributed by atoms with E-state index in [9.17, 15) is 4.79 Å². The fourth-order valence-corrected chi connectivity index (χ4v) is 1.64. The predicted octanol–water partition coefficient (Wildman–Crippen LogP) is 2.80. The van der Waals surface area contributed by atoms with E-state index in [0.29, 0.717) is 22.0 Å². The topological polar surface area (TPSA) is 56.0 Å². The van der Waals surface area contributed by atoms with Crippen LogP contribution in [-0.4, -0.2) is 11.3 Å². The lowest BCUT2D eigenvalue weighted by Crippen LogP contribution is -1.91. The minimum atomic E-state index is 0.457. The molecule has 2 rings (SSSR count). The molecule has 2 aromatic rings. The molecule has 16 heavy (non-hydrogen) atoms. The first-order valence-electron chi connectivity index (χ1n) is 4.68. The molecule has 4 heteroatoms. The molecule has 2 N–H and O–H groups in total. The van der Waals surface area contributed by atoms with E-state index in [2.05, 4.69) is 4.98 Å². The van der Waals surface area contributed by atoms with E-state index < -0.39 is 0 Å². The SMILES string of the molecule is Nc1cccc(-c2cc(C=O)ccn2)c1Cl. The highest BCUT2D eigenvalue weighted by Gasteiger charge is 2.07. The second-order valence-corrected chi connectivity index (χ2v) is 3.68. The number of carbonyl (C=O) groups excluding carboxylic acids is 1. The van der Waals surface area contributed by atoms with Gasteiger partial charge in [0.05, 0.1) is 16.4 Å². The largest absolute Gasteiger partial charge is 0.398 e. The van der Waals surface area contributed by atoms with Crippen molar-refractivity contribution in [3.63, 3.8) is 0 Å². The fourth-order valence-electron chi connectivity index (χ4n) is 1.42. The maximum Gasteiger partial charge on any atom is 0.150 e. The van der Waals surface area contributed by atoms with E-state index in [4.69, 9.17) is 17.3 Å². The Labute approximate surface area is 97.9 Å². The Morgan fingerprint density at radius 2 is 2.12 bits per heavy atom. The number of carbonyl (C=O) groups is 1. The molecule has 80 valence electrons. The number of halogens is 1. The molecule has 0 aliphatic heterocycles. The van der Waals surface area contributed by atoms with Gasteiger partial charge in [0.15, 0.2) is 0 Å². The Morgan fingerprint density at radius 3 is 2.88 bits per heavy atom. The second-order valence-electron chi connectivity index (χ2n) is 3.30. The highest BCUT2D eigenvalue weighted by Crippen LogP contribution is 2.30. The zero-order chi connectivity index (χ0) is 11.5. The number of nitrogen functional groups attached to an aromatic ring is 1. The number of aromatic nitrogens is 1. The van der Waals surface area contributed by atoms with Gasteiger partial charge in [-0.2, -0.15) is 0 Å². The molecule has 0 atom stereocenters. The summed E-state index contributed by atoms with van der Waals surface area (Å²) in [5.41, 5.74) is 8.12. The third kappa shape index (κ3) is 1.90. The first kappa shape index (κ1) is 10.6. The van der Waals surface area contributed by atoms with Gasteiger partial charge in [0.1, 0.15) is 6.29 Å². The number of rotatable bonds is 2. The van der Waals surface area contributed by atoms with Crippen LogP contribution in [0.5, 0.6) is 0 Å². The lowest BCUT2D eigenvalue weighted by molar-refractivity contribution is 0.112. The molecule has 1 aromatic carbocycles. The maximum absolute atomic E-state index is 10.7. The zero-order valence-corrected chi connectivity index (χ0v) is 9.11. The predicted molar refractivity (Wildman–Crippen MR) is 64.5 cm³/mol. The molecule has 1 heterocycles. The fraction of sp³-hybridized carbons (Fsp3) is 0. The van der Waals surface area contributed by atoms with Gasteiger partial charge in [-0.3, -0.25) is 9.78 Å². The molecular formula is C12H9ClN2O. The van der Waals surface area contributed by atoms with Crippen molar-refractivity contribution in [3.8, 4) is 11.3 Å². The molecule has 0 bridgehead atoms. The van der Waals surface area contributed by atoms with Crippen LogP contribution >= 0.6 is 11.6 Å².